The van der Waals surface area contributed by atoms with Crippen molar-refractivity contribution in [2.75, 3.05) is 30.0 Å². The van der Waals surface area contributed by atoms with Crippen LogP contribution in [0.25, 0.3) is 10.9 Å². The van der Waals surface area contributed by atoms with Gasteiger partial charge in [0, 0.05) is 23.2 Å². The lowest BCUT2D eigenvalue weighted by atomic mass is 10.2. The van der Waals surface area contributed by atoms with E-state index in [1.807, 2.05) is 30.0 Å². The van der Waals surface area contributed by atoms with Crippen molar-refractivity contribution in [1.82, 2.24) is 9.97 Å². The van der Waals surface area contributed by atoms with Gasteiger partial charge in [-0.15, -0.1) is 0 Å². The van der Waals surface area contributed by atoms with E-state index in [1.54, 1.807) is 0 Å². The van der Waals surface area contributed by atoms with E-state index in [1.165, 1.54) is 0 Å². The average molecular weight is 304 g/mol. The van der Waals surface area contributed by atoms with Gasteiger partial charge >= 0.3 is 0 Å². The number of fused-ring (bicyclic) bond motifs is 1. The van der Waals surface area contributed by atoms with E-state index in [2.05, 4.69) is 53.7 Å². The Hall–Kier alpha value is -1.49. The fourth-order valence-electron chi connectivity index (χ4n) is 1.90. The molecule has 0 aliphatic carbocycles. The molecule has 0 radical (unpaired) electrons. The van der Waals surface area contributed by atoms with E-state index < -0.39 is 0 Å². The van der Waals surface area contributed by atoms with Gasteiger partial charge in [-0.2, -0.15) is 16.7 Å². The van der Waals surface area contributed by atoms with Crippen molar-refractivity contribution in [2.45, 2.75) is 31.9 Å². The molecule has 0 aliphatic rings. The zero-order chi connectivity index (χ0) is 15.3. The summed E-state index contributed by atoms with van der Waals surface area (Å²) in [4.78, 5) is 9.20. The summed E-state index contributed by atoms with van der Waals surface area (Å²) in [6.45, 7) is 8.33. The van der Waals surface area contributed by atoms with Crippen LogP contribution in [0.15, 0.2) is 24.3 Å². The molecular formula is C16H24N4S. The van der Waals surface area contributed by atoms with Crippen LogP contribution in [0.5, 0.6) is 0 Å². The topological polar surface area (TPSA) is 49.8 Å². The lowest BCUT2D eigenvalue weighted by molar-refractivity contribution is 0.750. The molecule has 0 spiro atoms. The number of benzene rings is 1. The first kappa shape index (κ1) is 15.9. The molecule has 1 aromatic heterocycles. The fraction of sp³-hybridized carbons (Fsp3) is 0.500. The molecule has 0 bridgehead atoms. The second-order valence-corrected chi connectivity index (χ2v) is 7.17. The SMILES string of the molecule is CCCNc1nc(NCC(C)(C)SC)c2ccccc2n1. The van der Waals surface area contributed by atoms with E-state index in [0.717, 1.165) is 36.2 Å². The summed E-state index contributed by atoms with van der Waals surface area (Å²) >= 11 is 1.85. The van der Waals surface area contributed by atoms with Crippen molar-refractivity contribution in [3.8, 4) is 0 Å². The van der Waals surface area contributed by atoms with E-state index in [9.17, 15) is 0 Å². The molecule has 0 saturated carbocycles. The van der Waals surface area contributed by atoms with E-state index in [0.29, 0.717) is 5.95 Å². The summed E-state index contributed by atoms with van der Waals surface area (Å²) in [5.41, 5.74) is 0.968. The maximum absolute atomic E-state index is 4.63. The highest BCUT2D eigenvalue weighted by Gasteiger charge is 2.17. The van der Waals surface area contributed by atoms with Crippen LogP contribution in [0.3, 0.4) is 0 Å². The monoisotopic (exact) mass is 304 g/mol. The van der Waals surface area contributed by atoms with Crippen LogP contribution in [0.1, 0.15) is 27.2 Å². The molecule has 0 aliphatic heterocycles. The molecule has 2 aromatic rings. The molecular weight excluding hydrogens is 280 g/mol. The molecule has 0 unspecified atom stereocenters. The van der Waals surface area contributed by atoms with Crippen molar-refractivity contribution < 1.29 is 0 Å². The Labute approximate surface area is 131 Å². The number of rotatable bonds is 7. The lowest BCUT2D eigenvalue weighted by Gasteiger charge is -2.23. The van der Waals surface area contributed by atoms with E-state index >= 15 is 0 Å². The van der Waals surface area contributed by atoms with Gasteiger partial charge in [0.05, 0.1) is 5.52 Å². The van der Waals surface area contributed by atoms with Gasteiger partial charge in [-0.1, -0.05) is 19.1 Å². The molecule has 114 valence electrons. The van der Waals surface area contributed by atoms with E-state index in [-0.39, 0.29) is 4.75 Å². The minimum atomic E-state index is 0.170. The third kappa shape index (κ3) is 4.24. The Morgan fingerprint density at radius 1 is 1.14 bits per heavy atom. The number of thioether (sulfide) groups is 1. The van der Waals surface area contributed by atoms with Crippen LogP contribution in [0, 0.1) is 0 Å². The summed E-state index contributed by atoms with van der Waals surface area (Å²) in [6, 6.07) is 8.12. The second kappa shape index (κ2) is 6.98. The first-order valence-electron chi connectivity index (χ1n) is 7.35. The van der Waals surface area contributed by atoms with Crippen LogP contribution in [-0.4, -0.2) is 34.1 Å². The summed E-state index contributed by atoms with van der Waals surface area (Å²) in [7, 11) is 0. The van der Waals surface area contributed by atoms with Crippen molar-refractivity contribution in [3.63, 3.8) is 0 Å². The number of aromatic nitrogens is 2. The standard InChI is InChI=1S/C16H24N4S/c1-5-10-17-15-19-13-9-7-6-8-12(13)14(20-15)18-11-16(2,3)21-4/h6-9H,5,10-11H2,1-4H3,(H2,17,18,19,20). The zero-order valence-corrected chi connectivity index (χ0v) is 14.0. The summed E-state index contributed by atoms with van der Waals surface area (Å²) in [6.07, 6.45) is 3.19. The number of anilines is 2. The van der Waals surface area contributed by atoms with Crippen LogP contribution < -0.4 is 10.6 Å². The van der Waals surface area contributed by atoms with Gasteiger partial charge < -0.3 is 10.6 Å². The lowest BCUT2D eigenvalue weighted by Crippen LogP contribution is -2.26. The van der Waals surface area contributed by atoms with Crippen molar-refractivity contribution in [3.05, 3.63) is 24.3 Å². The molecule has 0 amide bonds. The van der Waals surface area contributed by atoms with Gasteiger partial charge in [0.25, 0.3) is 0 Å². The van der Waals surface area contributed by atoms with Crippen molar-refractivity contribution in [1.29, 1.82) is 0 Å². The summed E-state index contributed by atoms with van der Waals surface area (Å²) in [5, 5.41) is 7.82. The molecule has 2 rings (SSSR count). The smallest absolute Gasteiger partial charge is 0.225 e. The first-order chi connectivity index (χ1) is 10.1. The third-order valence-electron chi connectivity index (χ3n) is 3.37. The maximum atomic E-state index is 4.63. The maximum Gasteiger partial charge on any atom is 0.225 e. The molecule has 0 fully saturated rings. The Morgan fingerprint density at radius 3 is 2.62 bits per heavy atom. The number of nitrogens with one attached hydrogen (secondary N) is 2. The van der Waals surface area contributed by atoms with Crippen molar-refractivity contribution in [2.24, 2.45) is 0 Å². The molecule has 21 heavy (non-hydrogen) atoms. The van der Waals surface area contributed by atoms with Gasteiger partial charge in [-0.25, -0.2) is 4.98 Å². The quantitative estimate of drug-likeness (QED) is 0.809. The normalized spacial score (nSPS) is 11.6. The molecule has 1 heterocycles. The highest BCUT2D eigenvalue weighted by molar-refractivity contribution is 7.99. The predicted octanol–water partition coefficient (Wildman–Crippen LogP) is 4.01. The molecule has 1 aromatic carbocycles. The van der Waals surface area contributed by atoms with Gasteiger partial charge in [0.15, 0.2) is 0 Å². The Balaban J connectivity index is 2.30. The number of hydrogen-bond donors (Lipinski definition) is 2. The predicted molar refractivity (Wildman–Crippen MR) is 94.4 cm³/mol. The Kier molecular flexibility index (Phi) is 5.28. The highest BCUT2D eigenvalue weighted by atomic mass is 32.2. The molecule has 2 N–H and O–H groups in total. The molecule has 0 atom stereocenters. The number of hydrogen-bond acceptors (Lipinski definition) is 5. The van der Waals surface area contributed by atoms with Gasteiger partial charge in [-0.3, -0.25) is 0 Å². The van der Waals surface area contributed by atoms with Crippen LogP contribution in [0.2, 0.25) is 0 Å². The fourth-order valence-corrected chi connectivity index (χ4v) is 2.11. The molecule has 5 heteroatoms. The summed E-state index contributed by atoms with van der Waals surface area (Å²) in [5.74, 6) is 1.60. The third-order valence-corrected chi connectivity index (χ3v) is 4.62. The van der Waals surface area contributed by atoms with Gasteiger partial charge in [-0.05, 0) is 38.7 Å². The van der Waals surface area contributed by atoms with Gasteiger partial charge in [0.2, 0.25) is 5.95 Å². The van der Waals surface area contributed by atoms with Crippen LogP contribution >= 0.6 is 11.8 Å². The Morgan fingerprint density at radius 2 is 1.90 bits per heavy atom. The minimum absolute atomic E-state index is 0.170. The average Bonchev–Trinajstić information content (AvgIpc) is 2.50. The van der Waals surface area contributed by atoms with Crippen LogP contribution in [-0.2, 0) is 0 Å². The van der Waals surface area contributed by atoms with E-state index in [4.69, 9.17) is 0 Å². The molecule has 4 nitrogen and oxygen atoms in total. The zero-order valence-electron chi connectivity index (χ0n) is 13.2. The largest absolute Gasteiger partial charge is 0.368 e. The van der Waals surface area contributed by atoms with Crippen molar-refractivity contribution >= 4 is 34.4 Å². The summed E-state index contributed by atoms with van der Waals surface area (Å²) < 4.78 is 0.170. The molecule has 0 saturated heterocycles. The Bertz CT molecular complexity index is 598. The first-order valence-corrected chi connectivity index (χ1v) is 8.58. The number of nitrogens with zero attached hydrogens (tertiary/aromatic N) is 2. The van der Waals surface area contributed by atoms with Crippen LogP contribution in [0.4, 0.5) is 11.8 Å². The highest BCUT2D eigenvalue weighted by Crippen LogP contribution is 2.25. The number of para-hydroxylation sites is 1. The minimum Gasteiger partial charge on any atom is -0.368 e. The second-order valence-electron chi connectivity index (χ2n) is 5.66. The van der Waals surface area contributed by atoms with Gasteiger partial charge in [0.1, 0.15) is 5.82 Å².